The lowest BCUT2D eigenvalue weighted by Crippen LogP contribution is -2.47. The van der Waals surface area contributed by atoms with E-state index in [4.69, 9.17) is 0 Å². The summed E-state index contributed by atoms with van der Waals surface area (Å²) < 4.78 is 44.4. The summed E-state index contributed by atoms with van der Waals surface area (Å²) in [5, 5.41) is 14.7. The predicted octanol–water partition coefficient (Wildman–Crippen LogP) is 3.09. The third-order valence-corrected chi connectivity index (χ3v) is 5.95. The van der Waals surface area contributed by atoms with Crippen molar-refractivity contribution in [2.24, 2.45) is 7.05 Å². The molecular formula is C18H25F2N3O2S. The molecule has 0 aliphatic carbocycles. The Balaban J connectivity index is 2.44. The van der Waals surface area contributed by atoms with E-state index in [9.17, 15) is 18.1 Å². The molecule has 0 fully saturated rings. The molecule has 26 heavy (non-hydrogen) atoms. The van der Waals surface area contributed by atoms with E-state index in [0.29, 0.717) is 5.69 Å². The van der Waals surface area contributed by atoms with Gasteiger partial charge < -0.3 is 5.11 Å². The first-order chi connectivity index (χ1) is 11.9. The molecule has 144 valence electrons. The van der Waals surface area contributed by atoms with E-state index in [1.165, 1.54) is 10.7 Å². The highest BCUT2D eigenvalue weighted by molar-refractivity contribution is 7.84. The molecule has 0 radical (unpaired) electrons. The zero-order chi connectivity index (χ0) is 19.7. The minimum absolute atomic E-state index is 0.0247. The van der Waals surface area contributed by atoms with Crippen LogP contribution < -0.4 is 4.72 Å². The van der Waals surface area contributed by atoms with E-state index in [1.807, 2.05) is 0 Å². The van der Waals surface area contributed by atoms with Gasteiger partial charge >= 0.3 is 0 Å². The third kappa shape index (κ3) is 4.55. The smallest absolute Gasteiger partial charge is 0.131 e. The highest BCUT2D eigenvalue weighted by atomic mass is 32.2. The second-order valence-corrected chi connectivity index (χ2v) is 9.51. The van der Waals surface area contributed by atoms with Crippen molar-refractivity contribution >= 4 is 11.0 Å². The Morgan fingerprint density at radius 1 is 1.27 bits per heavy atom. The van der Waals surface area contributed by atoms with Gasteiger partial charge in [-0.15, -0.1) is 0 Å². The summed E-state index contributed by atoms with van der Waals surface area (Å²) in [6, 6.07) is 4.90. The molecule has 1 unspecified atom stereocenters. The maximum atomic E-state index is 14.5. The highest BCUT2D eigenvalue weighted by Gasteiger charge is 2.37. The van der Waals surface area contributed by atoms with Crippen LogP contribution in [0.4, 0.5) is 8.78 Å². The van der Waals surface area contributed by atoms with Crippen LogP contribution in [-0.2, 0) is 23.6 Å². The van der Waals surface area contributed by atoms with Crippen LogP contribution in [0.25, 0.3) is 0 Å². The number of aryl methyl sites for hydroxylation is 1. The number of benzene rings is 1. The Labute approximate surface area is 155 Å². The van der Waals surface area contributed by atoms with Gasteiger partial charge in [0.05, 0.1) is 33.1 Å². The number of rotatable bonds is 6. The Bertz CT molecular complexity index is 804. The van der Waals surface area contributed by atoms with Gasteiger partial charge in [0.15, 0.2) is 0 Å². The zero-order valence-corrected chi connectivity index (χ0v) is 16.4. The topological polar surface area (TPSA) is 67.2 Å². The summed E-state index contributed by atoms with van der Waals surface area (Å²) in [6.45, 7) is 7.01. The van der Waals surface area contributed by atoms with Crippen LogP contribution in [0.2, 0.25) is 0 Å². The van der Waals surface area contributed by atoms with Crippen molar-refractivity contribution in [1.29, 1.82) is 0 Å². The van der Waals surface area contributed by atoms with Crippen LogP contribution in [0.15, 0.2) is 30.5 Å². The van der Waals surface area contributed by atoms with Gasteiger partial charge in [0.2, 0.25) is 0 Å². The van der Waals surface area contributed by atoms with Crippen LogP contribution in [-0.4, -0.2) is 23.8 Å². The minimum Gasteiger partial charge on any atom is -0.387 e. The summed E-state index contributed by atoms with van der Waals surface area (Å²) in [5.41, 5.74) is -0.514. The molecule has 5 nitrogen and oxygen atoms in total. The van der Waals surface area contributed by atoms with Crippen molar-refractivity contribution in [3.8, 4) is 0 Å². The molecule has 1 heterocycles. The van der Waals surface area contributed by atoms with Gasteiger partial charge in [0.25, 0.3) is 0 Å². The Kier molecular flexibility index (Phi) is 5.99. The average Bonchev–Trinajstić information content (AvgIpc) is 2.92. The van der Waals surface area contributed by atoms with E-state index in [1.54, 1.807) is 47.0 Å². The number of hydrogen-bond donors (Lipinski definition) is 2. The molecular weight excluding hydrogens is 360 g/mol. The SMILES string of the molecule is Cn1nccc1[C@H](O)C[C@@](C)(NS(=O)C(C)(C)C)c1ccc(F)cc1F. The molecule has 2 rings (SSSR count). The Morgan fingerprint density at radius 3 is 2.42 bits per heavy atom. The van der Waals surface area contributed by atoms with Gasteiger partial charge in [0.1, 0.15) is 11.6 Å². The summed E-state index contributed by atoms with van der Waals surface area (Å²) in [6.07, 6.45) is 0.591. The second-order valence-electron chi connectivity index (χ2n) is 7.54. The monoisotopic (exact) mass is 385 g/mol. The maximum absolute atomic E-state index is 14.5. The van der Waals surface area contributed by atoms with Crippen molar-refractivity contribution in [3.05, 3.63) is 53.4 Å². The number of hydrogen-bond acceptors (Lipinski definition) is 3. The Hall–Kier alpha value is -1.64. The van der Waals surface area contributed by atoms with Crippen LogP contribution in [0.3, 0.4) is 0 Å². The Morgan fingerprint density at radius 2 is 1.92 bits per heavy atom. The summed E-state index contributed by atoms with van der Waals surface area (Å²) in [7, 11) is 0.156. The van der Waals surface area contributed by atoms with E-state index < -0.39 is 39.0 Å². The average molecular weight is 385 g/mol. The maximum Gasteiger partial charge on any atom is 0.131 e. The van der Waals surface area contributed by atoms with Crippen LogP contribution in [0.5, 0.6) is 0 Å². The van der Waals surface area contributed by atoms with Gasteiger partial charge in [-0.2, -0.15) is 5.10 Å². The number of nitrogens with zero attached hydrogens (tertiary/aromatic N) is 2. The normalized spacial score (nSPS) is 16.9. The molecule has 0 aliphatic heterocycles. The van der Waals surface area contributed by atoms with Crippen molar-refractivity contribution < 1.29 is 18.1 Å². The molecule has 2 N–H and O–H groups in total. The number of nitrogens with one attached hydrogen (secondary N) is 1. The van der Waals surface area contributed by atoms with Crippen LogP contribution in [0.1, 0.15) is 51.5 Å². The lowest BCUT2D eigenvalue weighted by molar-refractivity contribution is 0.123. The van der Waals surface area contributed by atoms with Gasteiger partial charge in [-0.1, -0.05) is 6.07 Å². The fourth-order valence-corrected chi connectivity index (χ4v) is 3.61. The lowest BCUT2D eigenvalue weighted by atomic mass is 9.86. The van der Waals surface area contributed by atoms with Gasteiger partial charge in [-0.3, -0.25) is 4.68 Å². The van der Waals surface area contributed by atoms with Gasteiger partial charge in [0, 0.05) is 31.3 Å². The highest BCUT2D eigenvalue weighted by Crippen LogP contribution is 2.34. The molecule has 8 heteroatoms. The molecule has 0 amide bonds. The molecule has 0 saturated heterocycles. The number of aliphatic hydroxyl groups is 1. The van der Waals surface area contributed by atoms with Crippen LogP contribution in [0, 0.1) is 11.6 Å². The minimum atomic E-state index is -1.53. The fourth-order valence-electron chi connectivity index (χ4n) is 2.70. The van der Waals surface area contributed by atoms with Gasteiger partial charge in [-0.05, 0) is 39.8 Å². The van der Waals surface area contributed by atoms with Crippen molar-refractivity contribution in [1.82, 2.24) is 14.5 Å². The molecule has 0 bridgehead atoms. The van der Waals surface area contributed by atoms with Crippen molar-refractivity contribution in [2.75, 3.05) is 0 Å². The van der Waals surface area contributed by atoms with Gasteiger partial charge in [-0.25, -0.2) is 17.7 Å². The molecule has 0 spiro atoms. The quantitative estimate of drug-likeness (QED) is 0.803. The predicted molar refractivity (Wildman–Crippen MR) is 97.5 cm³/mol. The van der Waals surface area contributed by atoms with Crippen molar-refractivity contribution in [2.45, 2.75) is 50.5 Å². The van der Waals surface area contributed by atoms with E-state index in [2.05, 4.69) is 9.82 Å². The first-order valence-corrected chi connectivity index (χ1v) is 9.40. The molecule has 0 aliphatic rings. The second kappa shape index (κ2) is 7.54. The fraction of sp³-hybridized carbons (Fsp3) is 0.500. The third-order valence-electron chi connectivity index (χ3n) is 4.20. The molecule has 2 aromatic rings. The van der Waals surface area contributed by atoms with E-state index in [-0.39, 0.29) is 12.0 Å². The first kappa shape index (κ1) is 20.7. The number of aromatic nitrogens is 2. The van der Waals surface area contributed by atoms with E-state index in [0.717, 1.165) is 12.1 Å². The summed E-state index contributed by atoms with van der Waals surface area (Å²) >= 11 is 0. The largest absolute Gasteiger partial charge is 0.387 e. The molecule has 1 aromatic carbocycles. The molecule has 1 aromatic heterocycles. The van der Waals surface area contributed by atoms with Crippen LogP contribution >= 0.6 is 0 Å². The zero-order valence-electron chi connectivity index (χ0n) is 15.6. The molecule has 0 saturated carbocycles. The lowest BCUT2D eigenvalue weighted by Gasteiger charge is -2.35. The van der Waals surface area contributed by atoms with Crippen molar-refractivity contribution in [3.63, 3.8) is 0 Å². The first-order valence-electron chi connectivity index (χ1n) is 8.25. The summed E-state index contributed by atoms with van der Waals surface area (Å²) in [5.74, 6) is -1.46. The standard InChI is InChI=1S/C18H25F2N3O2S/c1-17(2,3)26(25)22-18(4,13-7-6-12(19)10-14(13)20)11-16(24)15-8-9-21-23(15)5/h6-10,16,22,24H,11H2,1-5H3/t16-,18-,26?/m1/s1. The molecule has 3 atom stereocenters. The summed E-state index contributed by atoms with van der Waals surface area (Å²) in [4.78, 5) is 0. The number of halogens is 2. The van der Waals surface area contributed by atoms with E-state index >= 15 is 0 Å². The number of aliphatic hydroxyl groups excluding tert-OH is 1.